The molecule has 0 saturated carbocycles. The van der Waals surface area contributed by atoms with Gasteiger partial charge in [0.25, 0.3) is 0 Å². The molecule has 0 radical (unpaired) electrons. The van der Waals surface area contributed by atoms with Gasteiger partial charge in [0.1, 0.15) is 0 Å². The van der Waals surface area contributed by atoms with Crippen LogP contribution in [0.3, 0.4) is 0 Å². The molecule has 1 fully saturated rings. The van der Waals surface area contributed by atoms with Crippen molar-refractivity contribution >= 4 is 11.9 Å². The number of unbranched alkanes of at least 4 members (excludes halogenated alkanes) is 1. The largest absolute Gasteiger partial charge is 0.469 e. The van der Waals surface area contributed by atoms with E-state index in [1.165, 1.54) is 7.11 Å². The minimum atomic E-state index is -0.194. The molecule has 1 rings (SSSR count). The fourth-order valence-corrected chi connectivity index (χ4v) is 1.83. The summed E-state index contributed by atoms with van der Waals surface area (Å²) >= 11 is 0. The van der Waals surface area contributed by atoms with E-state index in [-0.39, 0.29) is 17.8 Å². The standard InChI is InChI=1S/C11H19NO3/c1-3-4-5-10(13)12-7-6-9(8-12)11(14)15-2/h9H,3-8H2,1-2H3. The molecule has 1 aliphatic rings. The van der Waals surface area contributed by atoms with Crippen molar-refractivity contribution in [3.05, 3.63) is 0 Å². The van der Waals surface area contributed by atoms with E-state index in [1.54, 1.807) is 4.90 Å². The Balaban J connectivity index is 2.35. The van der Waals surface area contributed by atoms with Gasteiger partial charge in [0.2, 0.25) is 5.91 Å². The Morgan fingerprint density at radius 3 is 2.80 bits per heavy atom. The van der Waals surface area contributed by atoms with E-state index in [2.05, 4.69) is 11.7 Å². The van der Waals surface area contributed by atoms with E-state index in [9.17, 15) is 9.59 Å². The molecule has 1 heterocycles. The second kappa shape index (κ2) is 5.73. The van der Waals surface area contributed by atoms with Crippen molar-refractivity contribution in [3.63, 3.8) is 0 Å². The number of likely N-dealkylation sites (tertiary alicyclic amines) is 1. The molecular weight excluding hydrogens is 194 g/mol. The lowest BCUT2D eigenvalue weighted by molar-refractivity contribution is -0.145. The number of methoxy groups -OCH3 is 1. The number of esters is 1. The maximum Gasteiger partial charge on any atom is 0.310 e. The summed E-state index contributed by atoms with van der Waals surface area (Å²) in [6.07, 6.45) is 3.30. The number of amides is 1. The highest BCUT2D eigenvalue weighted by Gasteiger charge is 2.31. The highest BCUT2D eigenvalue weighted by atomic mass is 16.5. The third-order valence-electron chi connectivity index (χ3n) is 2.82. The number of nitrogens with zero attached hydrogens (tertiary/aromatic N) is 1. The van der Waals surface area contributed by atoms with Crippen LogP contribution in [0.5, 0.6) is 0 Å². The minimum Gasteiger partial charge on any atom is -0.469 e. The third kappa shape index (κ3) is 3.22. The van der Waals surface area contributed by atoms with Crippen LogP contribution in [0.1, 0.15) is 32.6 Å². The summed E-state index contributed by atoms with van der Waals surface area (Å²) in [5, 5.41) is 0. The van der Waals surface area contributed by atoms with Crippen molar-refractivity contribution in [1.82, 2.24) is 4.90 Å². The maximum absolute atomic E-state index is 11.6. The first kappa shape index (κ1) is 12.0. The summed E-state index contributed by atoms with van der Waals surface area (Å²) in [5.74, 6) is -0.135. The lowest BCUT2D eigenvalue weighted by atomic mass is 10.1. The molecule has 4 heteroatoms. The zero-order chi connectivity index (χ0) is 11.3. The van der Waals surface area contributed by atoms with Crippen LogP contribution in [0.15, 0.2) is 0 Å². The normalized spacial score (nSPS) is 20.4. The average molecular weight is 213 g/mol. The summed E-state index contributed by atoms with van der Waals surface area (Å²) in [4.78, 5) is 24.6. The fourth-order valence-electron chi connectivity index (χ4n) is 1.83. The van der Waals surface area contributed by atoms with Gasteiger partial charge in [0, 0.05) is 19.5 Å². The van der Waals surface area contributed by atoms with Crippen LogP contribution in [0.2, 0.25) is 0 Å². The van der Waals surface area contributed by atoms with Crippen molar-refractivity contribution in [3.8, 4) is 0 Å². The lowest BCUT2D eigenvalue weighted by Gasteiger charge is -2.15. The van der Waals surface area contributed by atoms with Gasteiger partial charge < -0.3 is 9.64 Å². The number of hydrogen-bond donors (Lipinski definition) is 0. The monoisotopic (exact) mass is 213 g/mol. The van der Waals surface area contributed by atoms with Gasteiger partial charge in [-0.25, -0.2) is 0 Å². The molecule has 1 amide bonds. The number of hydrogen-bond acceptors (Lipinski definition) is 3. The number of ether oxygens (including phenoxy) is 1. The first-order valence-corrected chi connectivity index (χ1v) is 5.54. The number of carbonyl (C=O) groups is 2. The summed E-state index contributed by atoms with van der Waals surface area (Å²) in [6.45, 7) is 3.30. The van der Waals surface area contributed by atoms with Gasteiger partial charge in [0.05, 0.1) is 13.0 Å². The van der Waals surface area contributed by atoms with Crippen molar-refractivity contribution in [1.29, 1.82) is 0 Å². The SMILES string of the molecule is CCCCC(=O)N1CCC(C(=O)OC)C1. The van der Waals surface area contributed by atoms with Crippen LogP contribution < -0.4 is 0 Å². The topological polar surface area (TPSA) is 46.6 Å². The van der Waals surface area contributed by atoms with Gasteiger partial charge in [0.15, 0.2) is 0 Å². The van der Waals surface area contributed by atoms with E-state index in [0.29, 0.717) is 19.5 Å². The van der Waals surface area contributed by atoms with E-state index < -0.39 is 0 Å². The predicted molar refractivity (Wildman–Crippen MR) is 56.2 cm³/mol. The third-order valence-corrected chi connectivity index (χ3v) is 2.82. The lowest BCUT2D eigenvalue weighted by Crippen LogP contribution is -2.29. The van der Waals surface area contributed by atoms with E-state index in [4.69, 9.17) is 0 Å². The van der Waals surface area contributed by atoms with Gasteiger partial charge >= 0.3 is 5.97 Å². The van der Waals surface area contributed by atoms with Crippen LogP contribution in [-0.4, -0.2) is 37.0 Å². The Kier molecular flexibility index (Phi) is 4.59. The van der Waals surface area contributed by atoms with Crippen LogP contribution in [0.25, 0.3) is 0 Å². The summed E-state index contributed by atoms with van der Waals surface area (Å²) in [6, 6.07) is 0. The molecule has 86 valence electrons. The smallest absolute Gasteiger partial charge is 0.310 e. The average Bonchev–Trinajstić information content (AvgIpc) is 2.74. The molecule has 0 aromatic heterocycles. The Hall–Kier alpha value is -1.06. The Morgan fingerprint density at radius 1 is 1.47 bits per heavy atom. The molecule has 0 N–H and O–H groups in total. The number of carbonyl (C=O) groups excluding carboxylic acids is 2. The fraction of sp³-hybridized carbons (Fsp3) is 0.818. The summed E-state index contributed by atoms with van der Waals surface area (Å²) in [7, 11) is 1.39. The van der Waals surface area contributed by atoms with E-state index in [0.717, 1.165) is 19.3 Å². The Labute approximate surface area is 90.6 Å². The molecule has 0 aliphatic carbocycles. The van der Waals surface area contributed by atoms with E-state index >= 15 is 0 Å². The first-order chi connectivity index (χ1) is 7.19. The summed E-state index contributed by atoms with van der Waals surface area (Å²) < 4.78 is 4.67. The van der Waals surface area contributed by atoms with Crippen LogP contribution in [0.4, 0.5) is 0 Å². The molecule has 0 bridgehead atoms. The van der Waals surface area contributed by atoms with E-state index in [1.807, 2.05) is 0 Å². The molecule has 0 spiro atoms. The zero-order valence-corrected chi connectivity index (χ0v) is 9.49. The van der Waals surface area contributed by atoms with Crippen molar-refractivity contribution in [2.24, 2.45) is 5.92 Å². The van der Waals surface area contributed by atoms with Gasteiger partial charge in [-0.2, -0.15) is 0 Å². The Bertz CT molecular complexity index is 240. The second-order valence-electron chi connectivity index (χ2n) is 3.95. The highest BCUT2D eigenvalue weighted by molar-refractivity contribution is 5.79. The quantitative estimate of drug-likeness (QED) is 0.659. The summed E-state index contributed by atoms with van der Waals surface area (Å²) in [5.41, 5.74) is 0. The molecular formula is C11H19NO3. The highest BCUT2D eigenvalue weighted by Crippen LogP contribution is 2.18. The van der Waals surface area contributed by atoms with Crippen LogP contribution in [0, 0.1) is 5.92 Å². The maximum atomic E-state index is 11.6. The molecule has 4 nitrogen and oxygen atoms in total. The minimum absolute atomic E-state index is 0.111. The Morgan fingerprint density at radius 2 is 2.20 bits per heavy atom. The van der Waals surface area contributed by atoms with Crippen LogP contribution >= 0.6 is 0 Å². The van der Waals surface area contributed by atoms with Gasteiger partial charge in [-0.3, -0.25) is 9.59 Å². The van der Waals surface area contributed by atoms with Gasteiger partial charge in [-0.15, -0.1) is 0 Å². The van der Waals surface area contributed by atoms with Crippen LogP contribution in [-0.2, 0) is 14.3 Å². The van der Waals surface area contributed by atoms with Crippen molar-refractivity contribution in [2.45, 2.75) is 32.6 Å². The predicted octanol–water partition coefficient (Wildman–Crippen LogP) is 1.20. The zero-order valence-electron chi connectivity index (χ0n) is 9.49. The molecule has 1 unspecified atom stereocenters. The number of rotatable bonds is 4. The molecule has 1 saturated heterocycles. The van der Waals surface area contributed by atoms with Crippen molar-refractivity contribution in [2.75, 3.05) is 20.2 Å². The molecule has 15 heavy (non-hydrogen) atoms. The molecule has 0 aromatic carbocycles. The van der Waals surface area contributed by atoms with Gasteiger partial charge in [-0.05, 0) is 12.8 Å². The first-order valence-electron chi connectivity index (χ1n) is 5.54. The van der Waals surface area contributed by atoms with Gasteiger partial charge in [-0.1, -0.05) is 13.3 Å². The molecule has 1 aliphatic heterocycles. The second-order valence-corrected chi connectivity index (χ2v) is 3.95. The van der Waals surface area contributed by atoms with Crippen molar-refractivity contribution < 1.29 is 14.3 Å². The molecule has 0 aromatic rings. The molecule has 1 atom stereocenters.